The van der Waals surface area contributed by atoms with Crippen molar-refractivity contribution in [2.45, 2.75) is 19.4 Å². The first-order valence-electron chi connectivity index (χ1n) is 10.5. The van der Waals surface area contributed by atoms with Crippen LogP contribution in [-0.2, 0) is 6.54 Å². The van der Waals surface area contributed by atoms with Gasteiger partial charge in [0.05, 0.1) is 0 Å². The van der Waals surface area contributed by atoms with E-state index in [1.807, 2.05) is 53.4 Å². The summed E-state index contributed by atoms with van der Waals surface area (Å²) in [5.41, 5.74) is 0.631. The molecule has 1 saturated heterocycles. The van der Waals surface area contributed by atoms with E-state index < -0.39 is 0 Å². The van der Waals surface area contributed by atoms with Crippen molar-refractivity contribution >= 4 is 16.7 Å². The molecule has 7 heteroatoms. The lowest BCUT2D eigenvalue weighted by Crippen LogP contribution is -2.40. The predicted octanol–water partition coefficient (Wildman–Crippen LogP) is 3.13. The molecule has 0 aliphatic carbocycles. The van der Waals surface area contributed by atoms with E-state index in [4.69, 9.17) is 0 Å². The van der Waals surface area contributed by atoms with Crippen LogP contribution in [0.3, 0.4) is 0 Å². The Morgan fingerprint density at radius 3 is 2.58 bits per heavy atom. The number of hydrogen-bond acceptors (Lipinski definition) is 4. The lowest BCUT2D eigenvalue weighted by molar-refractivity contribution is 0.0682. The highest BCUT2D eigenvalue weighted by Gasteiger charge is 2.25. The fourth-order valence-corrected chi connectivity index (χ4v) is 4.24. The molecular weight excluding hydrogens is 390 g/mol. The van der Waals surface area contributed by atoms with E-state index >= 15 is 0 Å². The highest BCUT2D eigenvalue weighted by Crippen LogP contribution is 2.24. The Bertz CT molecular complexity index is 1270. The smallest absolute Gasteiger partial charge is 0.266 e. The average molecular weight is 413 g/mol. The summed E-state index contributed by atoms with van der Waals surface area (Å²) in [4.78, 5) is 27.4. The van der Waals surface area contributed by atoms with Crippen molar-refractivity contribution in [1.29, 1.82) is 0 Å². The topological polar surface area (TPSA) is 73.0 Å². The molecule has 1 fully saturated rings. The third-order valence-electron chi connectivity index (χ3n) is 5.94. The highest BCUT2D eigenvalue weighted by atomic mass is 16.2. The largest absolute Gasteiger partial charge is 0.339 e. The second kappa shape index (κ2) is 8.18. The molecular formula is C24H23N5O2. The molecule has 0 unspecified atom stereocenters. The number of hydrogen-bond donors (Lipinski definition) is 0. The van der Waals surface area contributed by atoms with Gasteiger partial charge in [-0.2, -0.15) is 5.10 Å². The number of nitrogens with zero attached hydrogens (tertiary/aromatic N) is 5. The molecule has 0 atom stereocenters. The molecule has 0 bridgehead atoms. The first kappa shape index (κ1) is 19.2. The summed E-state index contributed by atoms with van der Waals surface area (Å²) in [7, 11) is 0. The number of benzene rings is 2. The van der Waals surface area contributed by atoms with E-state index in [9.17, 15) is 9.59 Å². The van der Waals surface area contributed by atoms with Crippen LogP contribution in [0.5, 0.6) is 0 Å². The van der Waals surface area contributed by atoms with Crippen LogP contribution in [0.25, 0.3) is 16.6 Å². The SMILES string of the molecule is O=C(c1cccc2ccccc12)N1CCC(Cn2nc(-n3cccn3)ccc2=O)CC1. The second-order valence-electron chi connectivity index (χ2n) is 7.92. The van der Waals surface area contributed by atoms with Crippen LogP contribution < -0.4 is 5.56 Å². The molecule has 0 N–H and O–H groups in total. The van der Waals surface area contributed by atoms with Crippen molar-refractivity contribution in [3.8, 4) is 5.82 Å². The summed E-state index contributed by atoms with van der Waals surface area (Å²) in [5.74, 6) is 0.994. The molecule has 2 aromatic heterocycles. The van der Waals surface area contributed by atoms with Crippen molar-refractivity contribution in [1.82, 2.24) is 24.5 Å². The Hall–Kier alpha value is -3.74. The second-order valence-corrected chi connectivity index (χ2v) is 7.92. The quantitative estimate of drug-likeness (QED) is 0.515. The first-order valence-corrected chi connectivity index (χ1v) is 10.5. The normalized spacial score (nSPS) is 14.8. The Labute approximate surface area is 179 Å². The molecule has 1 aliphatic rings. The molecule has 1 amide bonds. The van der Waals surface area contributed by atoms with E-state index in [0.29, 0.717) is 31.4 Å². The number of aromatic nitrogens is 4. The Morgan fingerprint density at radius 2 is 1.77 bits per heavy atom. The Morgan fingerprint density at radius 1 is 0.968 bits per heavy atom. The van der Waals surface area contributed by atoms with Crippen LogP contribution in [-0.4, -0.2) is 43.5 Å². The number of fused-ring (bicyclic) bond motifs is 1. The summed E-state index contributed by atoms with van der Waals surface area (Å²) in [5, 5.41) is 10.7. The lowest BCUT2D eigenvalue weighted by atomic mass is 9.95. The zero-order valence-electron chi connectivity index (χ0n) is 17.1. The van der Waals surface area contributed by atoms with Crippen molar-refractivity contribution in [3.05, 3.63) is 89.0 Å². The number of likely N-dealkylation sites (tertiary alicyclic amines) is 1. The highest BCUT2D eigenvalue weighted by molar-refractivity contribution is 6.07. The van der Waals surface area contributed by atoms with Crippen LogP contribution in [0.1, 0.15) is 23.2 Å². The molecule has 0 radical (unpaired) electrons. The molecule has 4 aromatic rings. The molecule has 7 nitrogen and oxygen atoms in total. The van der Waals surface area contributed by atoms with Crippen LogP contribution >= 0.6 is 0 Å². The molecule has 2 aromatic carbocycles. The summed E-state index contributed by atoms with van der Waals surface area (Å²) in [6.07, 6.45) is 5.17. The average Bonchev–Trinajstić information content (AvgIpc) is 3.35. The number of amides is 1. The van der Waals surface area contributed by atoms with Crippen LogP contribution in [0.15, 0.2) is 77.9 Å². The Kier molecular flexibility index (Phi) is 5.08. The lowest BCUT2D eigenvalue weighted by Gasteiger charge is -2.32. The number of carbonyl (C=O) groups is 1. The van der Waals surface area contributed by atoms with Crippen LogP contribution in [0, 0.1) is 5.92 Å². The van der Waals surface area contributed by atoms with Crippen LogP contribution in [0.2, 0.25) is 0 Å². The predicted molar refractivity (Wildman–Crippen MR) is 118 cm³/mol. The van der Waals surface area contributed by atoms with Gasteiger partial charge in [-0.25, -0.2) is 9.36 Å². The van der Waals surface area contributed by atoms with Gasteiger partial charge in [-0.1, -0.05) is 36.4 Å². The molecule has 0 saturated carbocycles. The van der Waals surface area contributed by atoms with Gasteiger partial charge in [-0.3, -0.25) is 9.59 Å². The third-order valence-corrected chi connectivity index (χ3v) is 5.94. The summed E-state index contributed by atoms with van der Waals surface area (Å²) >= 11 is 0. The standard InChI is InChI=1S/C24H23N5O2/c30-23-10-9-22(28-14-4-13-25-28)26-29(23)17-18-11-15-27(16-12-18)24(31)21-8-3-6-19-5-1-2-7-20(19)21/h1-10,13-14,18H,11-12,15-17H2. The zero-order valence-corrected chi connectivity index (χ0v) is 17.1. The summed E-state index contributed by atoms with van der Waals surface area (Å²) in [6.45, 7) is 1.91. The van der Waals surface area contributed by atoms with Gasteiger partial charge in [-0.15, -0.1) is 5.10 Å². The fraction of sp³-hybridized carbons (Fsp3) is 0.250. The van der Waals surface area contributed by atoms with Gasteiger partial charge >= 0.3 is 0 Å². The minimum absolute atomic E-state index is 0.0752. The van der Waals surface area contributed by atoms with E-state index in [0.717, 1.165) is 29.2 Å². The van der Waals surface area contributed by atoms with Crippen molar-refractivity contribution in [2.75, 3.05) is 13.1 Å². The maximum absolute atomic E-state index is 13.2. The van der Waals surface area contributed by atoms with E-state index in [2.05, 4.69) is 10.2 Å². The minimum atomic E-state index is -0.120. The molecule has 31 heavy (non-hydrogen) atoms. The number of rotatable bonds is 4. The van der Waals surface area contributed by atoms with Gasteiger partial charge in [0.15, 0.2) is 5.82 Å². The third kappa shape index (κ3) is 3.86. The fourth-order valence-electron chi connectivity index (χ4n) is 4.24. The van der Waals surface area contributed by atoms with Gasteiger partial charge in [0, 0.05) is 43.7 Å². The van der Waals surface area contributed by atoms with Crippen molar-refractivity contribution in [2.24, 2.45) is 5.92 Å². The Balaban J connectivity index is 1.27. The van der Waals surface area contributed by atoms with Crippen molar-refractivity contribution in [3.63, 3.8) is 0 Å². The molecule has 3 heterocycles. The molecule has 156 valence electrons. The number of piperidine rings is 1. The minimum Gasteiger partial charge on any atom is -0.339 e. The molecule has 0 spiro atoms. The van der Waals surface area contributed by atoms with Gasteiger partial charge in [-0.05, 0) is 47.7 Å². The van der Waals surface area contributed by atoms with Gasteiger partial charge < -0.3 is 4.90 Å². The molecule has 5 rings (SSSR count). The van der Waals surface area contributed by atoms with E-state index in [1.54, 1.807) is 23.1 Å². The van der Waals surface area contributed by atoms with Gasteiger partial charge in [0.25, 0.3) is 11.5 Å². The monoisotopic (exact) mass is 413 g/mol. The maximum Gasteiger partial charge on any atom is 0.266 e. The maximum atomic E-state index is 13.2. The molecule has 1 aliphatic heterocycles. The zero-order chi connectivity index (χ0) is 21.2. The van der Waals surface area contributed by atoms with E-state index in [-0.39, 0.29) is 11.5 Å². The van der Waals surface area contributed by atoms with Crippen molar-refractivity contribution < 1.29 is 4.79 Å². The van der Waals surface area contributed by atoms with Gasteiger partial charge in [0.1, 0.15) is 0 Å². The summed E-state index contributed by atoms with van der Waals surface area (Å²) < 4.78 is 3.16. The first-order chi connectivity index (χ1) is 15.2. The number of carbonyl (C=O) groups excluding carboxylic acids is 1. The van der Waals surface area contributed by atoms with Gasteiger partial charge in [0.2, 0.25) is 0 Å². The van der Waals surface area contributed by atoms with Crippen LogP contribution in [0.4, 0.5) is 0 Å². The summed E-state index contributed by atoms with van der Waals surface area (Å²) in [6, 6.07) is 18.9. The van der Waals surface area contributed by atoms with E-state index in [1.165, 1.54) is 10.7 Å².